The maximum Gasteiger partial charge on any atom is 0.490 e. The highest BCUT2D eigenvalue weighted by molar-refractivity contribution is 5.75. The molecule has 13 nitrogen and oxygen atoms in total. The molecule has 3 fully saturated rings. The number of piperidine rings is 1. The van der Waals surface area contributed by atoms with Gasteiger partial charge in [0.05, 0.1) is 12.1 Å². The molecule has 4 atom stereocenters. The van der Waals surface area contributed by atoms with E-state index in [0.717, 1.165) is 51.1 Å². The van der Waals surface area contributed by atoms with Crippen molar-refractivity contribution >= 4 is 23.9 Å². The van der Waals surface area contributed by atoms with Crippen LogP contribution in [0.3, 0.4) is 0 Å². The number of aromatic hydroxyl groups is 1. The molecule has 0 aromatic heterocycles. The van der Waals surface area contributed by atoms with Crippen molar-refractivity contribution < 1.29 is 79.4 Å². The van der Waals surface area contributed by atoms with Crippen molar-refractivity contribution in [3.05, 3.63) is 29.3 Å². The van der Waals surface area contributed by atoms with E-state index in [1.165, 1.54) is 24.0 Å². The Labute approximate surface area is 284 Å². The van der Waals surface area contributed by atoms with Gasteiger partial charge in [-0.3, -0.25) is 9.89 Å². The molecule has 2 bridgehead atoms. The Morgan fingerprint density at radius 3 is 1.84 bits per heavy atom. The number of carbonyl (C=O) groups is 3. The minimum Gasteiger partial charge on any atom is -0.508 e. The van der Waals surface area contributed by atoms with Crippen LogP contribution in [-0.4, -0.2) is 117 Å². The highest BCUT2D eigenvalue weighted by Crippen LogP contribution is 2.58. The van der Waals surface area contributed by atoms with Gasteiger partial charge in [-0.05, 0) is 80.7 Å². The number of aliphatic carboxylic acids is 3. The number of halogens is 9. The van der Waals surface area contributed by atoms with E-state index in [1.54, 1.807) is 6.07 Å². The molecule has 1 heterocycles. The number of nitrogens with one attached hydrogen (secondary N) is 1. The Bertz CT molecular complexity index is 1360. The third kappa shape index (κ3) is 11.7. The molecule has 1 saturated heterocycles. The van der Waals surface area contributed by atoms with Crippen molar-refractivity contribution in [1.82, 2.24) is 10.2 Å². The second-order valence-electron chi connectivity index (χ2n) is 12.4. The van der Waals surface area contributed by atoms with Crippen LogP contribution in [0.5, 0.6) is 5.75 Å². The number of hydrogen-bond donors (Lipinski definition) is 8. The summed E-state index contributed by atoms with van der Waals surface area (Å²) in [5.41, 5.74) is 12.3. The predicted octanol–water partition coefficient (Wildman–Crippen LogP) is 2.72. The van der Waals surface area contributed by atoms with Crippen molar-refractivity contribution in [2.75, 3.05) is 26.2 Å². The number of carboxylic acids is 3. The standard InChI is InChI=1S/C23H35N5O2.3C2HF3O2/c24-21(25)27-9-8-26-17-5-6-22-7-10-28(14-15-1-2-15)20(23(22,30)13-17)11-16-3-4-18(29)12-19(16)22;3*3-2(4,5)1(6)7/h3-4,12,15,17,20,26,29-30H,1-2,5-11,13-14H2,(H4,24,25,27);3*(H,6,7)/t17-,20+,22-,23+;;;/m0.../s1. The zero-order valence-electron chi connectivity index (χ0n) is 26.7. The molecule has 0 amide bonds. The van der Waals surface area contributed by atoms with Gasteiger partial charge in [0.15, 0.2) is 5.96 Å². The molecule has 51 heavy (non-hydrogen) atoms. The van der Waals surface area contributed by atoms with Crippen molar-refractivity contribution in [3.8, 4) is 5.75 Å². The number of nitrogens with zero attached hydrogens (tertiary/aromatic N) is 2. The minimum atomic E-state index is -5.08. The van der Waals surface area contributed by atoms with Gasteiger partial charge in [-0.25, -0.2) is 14.4 Å². The SMILES string of the molecule is NC(N)=NCCN[C@H]1CC[C@]23CCN(CC4CC4)[C@H](Cc4ccc(O)cc42)[C@]3(O)C1.O=C(O)C(F)(F)F.O=C(O)C(F)(F)F.O=C(O)C(F)(F)F. The number of aliphatic imine (C=N–C) groups is 1. The van der Waals surface area contributed by atoms with Gasteiger partial charge in [-0.1, -0.05) is 6.07 Å². The molecule has 22 heteroatoms. The van der Waals surface area contributed by atoms with Gasteiger partial charge in [0.1, 0.15) is 5.75 Å². The van der Waals surface area contributed by atoms with Crippen LogP contribution in [0.25, 0.3) is 0 Å². The quantitative estimate of drug-likeness (QED) is 0.0907. The fourth-order valence-corrected chi connectivity index (χ4v) is 6.57. The number of guanidine groups is 1. The number of likely N-dealkylation sites (tertiary alicyclic amines) is 1. The van der Waals surface area contributed by atoms with Crippen LogP contribution >= 0.6 is 0 Å². The number of carboxylic acid groups (broad SMARTS) is 3. The Hall–Kier alpha value is -4.05. The monoisotopic (exact) mass is 755 g/mol. The van der Waals surface area contributed by atoms with Crippen molar-refractivity contribution in [2.45, 2.75) is 86.6 Å². The molecular formula is C29H38F9N5O8. The number of hydrogen-bond acceptors (Lipinski definition) is 8. The molecule has 0 unspecified atom stereocenters. The smallest absolute Gasteiger partial charge is 0.490 e. The molecule has 1 aromatic carbocycles. The second kappa shape index (κ2) is 16.5. The van der Waals surface area contributed by atoms with Crippen molar-refractivity contribution in [2.24, 2.45) is 22.4 Å². The number of phenols is 1. The third-order valence-electron chi connectivity index (χ3n) is 8.90. The first-order valence-corrected chi connectivity index (χ1v) is 15.2. The topological polar surface area (TPSA) is 232 Å². The summed E-state index contributed by atoms with van der Waals surface area (Å²) >= 11 is 0. The highest BCUT2D eigenvalue weighted by Gasteiger charge is 2.64. The Morgan fingerprint density at radius 1 is 0.882 bits per heavy atom. The number of rotatable bonds is 6. The Balaban J connectivity index is 0.000000352. The Kier molecular flexibility index (Phi) is 14.0. The van der Waals surface area contributed by atoms with Crippen LogP contribution in [0.15, 0.2) is 23.2 Å². The van der Waals surface area contributed by atoms with E-state index in [-0.39, 0.29) is 23.5 Å². The molecule has 4 aliphatic rings. The summed E-state index contributed by atoms with van der Waals surface area (Å²) in [5, 5.41) is 47.6. The molecule has 1 aliphatic heterocycles. The molecule has 3 aliphatic carbocycles. The number of phenolic OH excluding ortho intramolecular Hbond substituents is 1. The summed E-state index contributed by atoms with van der Waals surface area (Å²) in [4.78, 5) is 33.3. The molecule has 0 spiro atoms. The molecule has 290 valence electrons. The van der Waals surface area contributed by atoms with Gasteiger partial charge < -0.3 is 42.3 Å². The first-order valence-electron chi connectivity index (χ1n) is 15.2. The zero-order chi connectivity index (χ0) is 39.2. The number of nitrogens with two attached hydrogens (primary N) is 2. The van der Waals surface area contributed by atoms with E-state index in [4.69, 9.17) is 41.2 Å². The summed E-state index contributed by atoms with van der Waals surface area (Å²) in [7, 11) is 0. The molecule has 0 radical (unpaired) electrons. The van der Waals surface area contributed by atoms with E-state index in [1.807, 2.05) is 6.07 Å². The zero-order valence-corrected chi connectivity index (χ0v) is 26.7. The van der Waals surface area contributed by atoms with E-state index in [9.17, 15) is 49.7 Å². The largest absolute Gasteiger partial charge is 0.508 e. The van der Waals surface area contributed by atoms with Crippen LogP contribution in [0.4, 0.5) is 39.5 Å². The van der Waals surface area contributed by atoms with Crippen LogP contribution in [-0.2, 0) is 26.2 Å². The average molecular weight is 756 g/mol. The minimum absolute atomic E-state index is 0.118. The summed E-state index contributed by atoms with van der Waals surface area (Å²) < 4.78 is 95.2. The molecular weight excluding hydrogens is 717 g/mol. The molecule has 2 saturated carbocycles. The van der Waals surface area contributed by atoms with Gasteiger partial charge >= 0.3 is 36.4 Å². The van der Waals surface area contributed by atoms with Crippen LogP contribution in [0, 0.1) is 5.92 Å². The van der Waals surface area contributed by atoms with E-state index in [0.29, 0.717) is 18.8 Å². The van der Waals surface area contributed by atoms with Gasteiger partial charge in [-0.2, -0.15) is 39.5 Å². The van der Waals surface area contributed by atoms with Crippen molar-refractivity contribution in [1.29, 1.82) is 0 Å². The van der Waals surface area contributed by atoms with Crippen LogP contribution < -0.4 is 16.8 Å². The first kappa shape index (κ1) is 43.1. The maximum absolute atomic E-state index is 12.4. The number of alkyl halides is 9. The number of benzene rings is 1. The molecule has 5 rings (SSSR count). The van der Waals surface area contributed by atoms with E-state index >= 15 is 0 Å². The molecule has 1 aromatic rings. The molecule has 10 N–H and O–H groups in total. The summed E-state index contributed by atoms with van der Waals surface area (Å²) in [5.74, 6) is -7.04. The summed E-state index contributed by atoms with van der Waals surface area (Å²) in [6.45, 7) is 3.41. The summed E-state index contributed by atoms with van der Waals surface area (Å²) in [6, 6.07) is 6.21. The van der Waals surface area contributed by atoms with Gasteiger partial charge in [0.25, 0.3) is 0 Å². The van der Waals surface area contributed by atoms with Crippen LogP contribution in [0.1, 0.15) is 49.7 Å². The lowest BCUT2D eigenvalue weighted by atomic mass is 9.49. The number of fused-ring (bicyclic) bond motifs is 1. The second-order valence-corrected chi connectivity index (χ2v) is 12.4. The normalized spacial score (nSPS) is 25.5. The summed E-state index contributed by atoms with van der Waals surface area (Å²) in [6.07, 6.45) is -8.10. The fraction of sp³-hybridized carbons (Fsp3) is 0.655. The van der Waals surface area contributed by atoms with E-state index in [2.05, 4.69) is 21.3 Å². The maximum atomic E-state index is 12.4. The fourth-order valence-electron chi connectivity index (χ4n) is 6.57. The lowest BCUT2D eigenvalue weighted by molar-refractivity contribution is -0.193. The first-order chi connectivity index (χ1) is 23.2. The Morgan fingerprint density at radius 2 is 1.39 bits per heavy atom. The predicted molar refractivity (Wildman–Crippen MR) is 159 cm³/mol. The van der Waals surface area contributed by atoms with Crippen LogP contribution in [0.2, 0.25) is 0 Å². The van der Waals surface area contributed by atoms with Gasteiger partial charge in [-0.15, -0.1) is 0 Å². The lowest BCUT2D eigenvalue weighted by Crippen LogP contribution is -2.74. The lowest BCUT2D eigenvalue weighted by Gasteiger charge is -2.65. The number of aliphatic hydroxyl groups is 1. The van der Waals surface area contributed by atoms with Gasteiger partial charge in [0.2, 0.25) is 0 Å². The van der Waals surface area contributed by atoms with E-state index < -0.39 is 42.0 Å². The van der Waals surface area contributed by atoms with Crippen molar-refractivity contribution in [3.63, 3.8) is 0 Å². The van der Waals surface area contributed by atoms with Gasteiger partial charge in [0, 0.05) is 30.6 Å². The third-order valence-corrected chi connectivity index (χ3v) is 8.90. The average Bonchev–Trinajstić information content (AvgIpc) is 3.80. The highest BCUT2D eigenvalue weighted by atomic mass is 19.4.